The number of carbonyl (C=O) groups is 1. The van der Waals surface area contributed by atoms with Crippen molar-refractivity contribution in [3.8, 4) is 0 Å². The molecule has 0 radical (unpaired) electrons. The molecule has 1 rings (SSSR count). The molecular weight excluding hydrogens is 896 g/mol. The number of ether oxygens (including phenoxy) is 2. The first-order valence-electron chi connectivity index (χ1n) is 27.3. The van der Waals surface area contributed by atoms with Gasteiger partial charge in [0, 0.05) is 13.0 Å². The van der Waals surface area contributed by atoms with Crippen molar-refractivity contribution in [1.29, 1.82) is 0 Å². The van der Waals surface area contributed by atoms with Gasteiger partial charge in [0.1, 0.15) is 42.7 Å². The van der Waals surface area contributed by atoms with Crippen molar-refractivity contribution in [1.82, 2.24) is 0 Å². The van der Waals surface area contributed by atoms with Gasteiger partial charge < -0.3 is 39.9 Å². The molecule has 0 aromatic heterocycles. The van der Waals surface area contributed by atoms with Gasteiger partial charge in [-0.1, -0.05) is 196 Å². The average molecular weight is 995 g/mol. The highest BCUT2D eigenvalue weighted by atomic mass is 31.2. The fourth-order valence-electron chi connectivity index (χ4n) is 8.02. The van der Waals surface area contributed by atoms with Gasteiger partial charge in [-0.3, -0.25) is 13.8 Å². The van der Waals surface area contributed by atoms with E-state index in [-0.39, 0.29) is 13.0 Å². The molecule has 1 fully saturated rings. The van der Waals surface area contributed by atoms with Gasteiger partial charge in [-0.2, -0.15) is 0 Å². The first-order chi connectivity index (χ1) is 33.5. The van der Waals surface area contributed by atoms with Crippen LogP contribution in [0.4, 0.5) is 0 Å². The molecule has 1 aliphatic carbocycles. The number of rotatable bonds is 46. The van der Waals surface area contributed by atoms with Crippen LogP contribution in [0.15, 0.2) is 72.9 Å². The summed E-state index contributed by atoms with van der Waals surface area (Å²) in [7, 11) is -5.03. The molecule has 0 amide bonds. The van der Waals surface area contributed by atoms with Crippen LogP contribution in [0.25, 0.3) is 0 Å². The summed E-state index contributed by atoms with van der Waals surface area (Å²) in [6, 6.07) is 0. The van der Waals surface area contributed by atoms with Crippen molar-refractivity contribution in [2.45, 2.75) is 256 Å². The third-order valence-corrected chi connectivity index (χ3v) is 13.3. The van der Waals surface area contributed by atoms with E-state index in [1.165, 1.54) is 83.5 Å². The van der Waals surface area contributed by atoms with E-state index in [2.05, 4.69) is 86.8 Å². The van der Waals surface area contributed by atoms with Crippen LogP contribution in [0.5, 0.6) is 0 Å². The minimum Gasteiger partial charge on any atom is -0.457 e. The zero-order valence-corrected chi connectivity index (χ0v) is 44.0. The van der Waals surface area contributed by atoms with Gasteiger partial charge in [-0.25, -0.2) is 4.57 Å². The lowest BCUT2D eigenvalue weighted by Crippen LogP contribution is -2.64. The molecule has 0 heterocycles. The fraction of sp³-hybridized carbons (Fsp3) is 0.768. The summed E-state index contributed by atoms with van der Waals surface area (Å²) in [5, 5.41) is 50.4. The van der Waals surface area contributed by atoms with E-state index in [1.807, 2.05) is 0 Å². The van der Waals surface area contributed by atoms with E-state index in [0.29, 0.717) is 13.0 Å². The number of hydrogen-bond acceptors (Lipinski definition) is 11. The van der Waals surface area contributed by atoms with Crippen LogP contribution < -0.4 is 0 Å². The number of phosphoric acid groups is 1. The van der Waals surface area contributed by atoms with Crippen molar-refractivity contribution >= 4 is 13.8 Å². The van der Waals surface area contributed by atoms with Gasteiger partial charge in [0.25, 0.3) is 0 Å². The molecule has 0 spiro atoms. The summed E-state index contributed by atoms with van der Waals surface area (Å²) < 4.78 is 34.3. The molecule has 0 aromatic rings. The van der Waals surface area contributed by atoms with Crippen LogP contribution in [0.3, 0.4) is 0 Å². The number of esters is 1. The van der Waals surface area contributed by atoms with Crippen LogP contribution in [-0.2, 0) is 27.9 Å². The lowest BCUT2D eigenvalue weighted by Gasteiger charge is -2.41. The van der Waals surface area contributed by atoms with Gasteiger partial charge in [-0.15, -0.1) is 0 Å². The largest absolute Gasteiger partial charge is 0.472 e. The molecular formula is C56H99O12P. The normalized spacial score (nSPS) is 21.6. The van der Waals surface area contributed by atoms with Crippen molar-refractivity contribution < 1.29 is 58.3 Å². The molecule has 0 saturated heterocycles. The molecule has 1 saturated carbocycles. The van der Waals surface area contributed by atoms with Crippen molar-refractivity contribution in [2.75, 3.05) is 19.8 Å². The Morgan fingerprint density at radius 2 is 0.855 bits per heavy atom. The molecule has 69 heavy (non-hydrogen) atoms. The van der Waals surface area contributed by atoms with Crippen LogP contribution in [0.1, 0.15) is 213 Å². The van der Waals surface area contributed by atoms with Crippen LogP contribution in [-0.4, -0.2) is 98.9 Å². The highest BCUT2D eigenvalue weighted by Crippen LogP contribution is 2.47. The average Bonchev–Trinajstić information content (AvgIpc) is 3.34. The number of allylic oxidation sites excluding steroid dienone is 12. The van der Waals surface area contributed by atoms with Crippen molar-refractivity contribution in [2.24, 2.45) is 0 Å². The van der Waals surface area contributed by atoms with Gasteiger partial charge >= 0.3 is 13.8 Å². The summed E-state index contributed by atoms with van der Waals surface area (Å²) in [5.74, 6) is -0.490. The Bertz CT molecular complexity index is 1410. The third-order valence-electron chi connectivity index (χ3n) is 12.3. The summed E-state index contributed by atoms with van der Waals surface area (Å²) in [6.07, 6.45) is 48.2. The zero-order valence-electron chi connectivity index (χ0n) is 43.1. The number of phosphoric ester groups is 1. The number of carbonyl (C=O) groups excluding carboxylic acids is 1. The highest BCUT2D eigenvalue weighted by Gasteiger charge is 2.51. The Kier molecular flexibility index (Phi) is 42.8. The lowest BCUT2D eigenvalue weighted by molar-refractivity contribution is -0.220. The predicted octanol–water partition coefficient (Wildman–Crippen LogP) is 12.7. The molecule has 13 heteroatoms. The maximum atomic E-state index is 12.9. The number of unbranched alkanes of at least 4 members (excludes halogenated alkanes) is 22. The molecule has 0 bridgehead atoms. The zero-order chi connectivity index (χ0) is 50.5. The second-order valence-electron chi connectivity index (χ2n) is 18.7. The monoisotopic (exact) mass is 995 g/mol. The van der Waals surface area contributed by atoms with E-state index in [4.69, 9.17) is 18.5 Å². The fourth-order valence-corrected chi connectivity index (χ4v) is 9.00. The van der Waals surface area contributed by atoms with E-state index in [9.17, 15) is 39.8 Å². The number of aliphatic hydroxyl groups is 5. The van der Waals surface area contributed by atoms with Gasteiger partial charge in [0.2, 0.25) is 0 Å². The first kappa shape index (κ1) is 64.8. The van der Waals surface area contributed by atoms with Crippen LogP contribution in [0, 0.1) is 0 Å². The second kappa shape index (κ2) is 45.6. The van der Waals surface area contributed by atoms with Gasteiger partial charge in [0.15, 0.2) is 0 Å². The molecule has 0 aliphatic heterocycles. The Hall–Kier alpha value is -2.22. The highest BCUT2D eigenvalue weighted by molar-refractivity contribution is 7.47. The summed E-state index contributed by atoms with van der Waals surface area (Å²) in [5.41, 5.74) is 0. The first-order valence-corrected chi connectivity index (χ1v) is 28.8. The molecule has 6 atom stereocenters. The Labute approximate surface area is 419 Å². The minimum absolute atomic E-state index is 0.0862. The molecule has 1 aliphatic rings. The lowest BCUT2D eigenvalue weighted by atomic mass is 9.85. The Morgan fingerprint density at radius 3 is 1.32 bits per heavy atom. The smallest absolute Gasteiger partial charge is 0.457 e. The maximum Gasteiger partial charge on any atom is 0.472 e. The van der Waals surface area contributed by atoms with E-state index < -0.39 is 63.1 Å². The molecule has 6 unspecified atom stereocenters. The number of aliphatic hydroxyl groups excluding tert-OH is 5. The van der Waals surface area contributed by atoms with E-state index >= 15 is 0 Å². The minimum atomic E-state index is -5.03. The molecule has 0 aromatic carbocycles. The summed E-state index contributed by atoms with van der Waals surface area (Å²) in [4.78, 5) is 23.3. The quantitative estimate of drug-likeness (QED) is 0.0147. The van der Waals surface area contributed by atoms with E-state index in [1.54, 1.807) is 0 Å². The maximum absolute atomic E-state index is 12.9. The molecule has 400 valence electrons. The van der Waals surface area contributed by atoms with Crippen LogP contribution >= 0.6 is 7.82 Å². The Balaban J connectivity index is 2.33. The SMILES string of the molecule is CC/C=C\C/C=C\C/C=C\C/C=C\C/C=C\CCCCCCCCCC(=O)OC(COCCCCCCCCCC/C=C\CCCCCCCCC)COP(=O)(O)OC1C(O)C(O)C(O)C(O)C1O. The summed E-state index contributed by atoms with van der Waals surface area (Å²) >= 11 is 0. The second-order valence-corrected chi connectivity index (χ2v) is 20.1. The Morgan fingerprint density at radius 1 is 0.478 bits per heavy atom. The van der Waals surface area contributed by atoms with Gasteiger partial charge in [0.05, 0.1) is 13.2 Å². The van der Waals surface area contributed by atoms with Crippen molar-refractivity contribution in [3.05, 3.63) is 72.9 Å². The standard InChI is InChI=1S/C56H99O12P/c1-3-5-7-9-11-13-15-17-19-21-23-24-25-26-27-29-31-33-35-37-39-41-43-45-50(57)67-49(48-66-69(63,64)68-56-54(61)52(59)51(58)53(60)55(56)62)47-65-46-44-42-40-38-36-34-32-30-28-22-20-18-16-14-12-10-8-6-4-2/h5,7,11,13,17,19-20,22-24,26-27,49,51-56,58-62H,3-4,6,8-10,12,14-16,18,21,25,28-48H2,1-2H3,(H,63,64)/b7-5-,13-11-,19-17-,22-20-,24-23-,27-26-. The molecule has 12 nitrogen and oxygen atoms in total. The molecule has 6 N–H and O–H groups in total. The number of hydrogen-bond donors (Lipinski definition) is 6. The van der Waals surface area contributed by atoms with E-state index in [0.717, 1.165) is 103 Å². The summed E-state index contributed by atoms with van der Waals surface area (Å²) in [6.45, 7) is 4.14. The topological polar surface area (TPSA) is 192 Å². The van der Waals surface area contributed by atoms with Crippen LogP contribution in [0.2, 0.25) is 0 Å². The van der Waals surface area contributed by atoms with Crippen molar-refractivity contribution in [3.63, 3.8) is 0 Å². The third kappa shape index (κ3) is 37.2. The predicted molar refractivity (Wildman–Crippen MR) is 281 cm³/mol. The van der Waals surface area contributed by atoms with Gasteiger partial charge in [-0.05, 0) is 83.5 Å².